The summed E-state index contributed by atoms with van der Waals surface area (Å²) in [7, 11) is -1.50. The Morgan fingerprint density at radius 2 is 2.16 bits per heavy atom. The molecular formula is C20H22BrN3O6S2. The average molecular weight is 544 g/mol. The van der Waals surface area contributed by atoms with Crippen LogP contribution in [-0.4, -0.2) is 60.6 Å². The van der Waals surface area contributed by atoms with Crippen LogP contribution in [-0.2, 0) is 25.1 Å². The van der Waals surface area contributed by atoms with Gasteiger partial charge in [-0.1, -0.05) is 0 Å². The highest BCUT2D eigenvalue weighted by molar-refractivity contribution is 9.10. The maximum atomic E-state index is 12.7. The molecule has 172 valence electrons. The summed E-state index contributed by atoms with van der Waals surface area (Å²) in [6.45, 7) is 7.11. The smallest absolute Gasteiger partial charge is 0.355 e. The van der Waals surface area contributed by atoms with Gasteiger partial charge in [0.15, 0.2) is 6.04 Å². The molecule has 2 heterocycles. The second kappa shape index (κ2) is 9.44. The van der Waals surface area contributed by atoms with Gasteiger partial charge in [0, 0.05) is 28.6 Å². The molecule has 1 unspecified atom stereocenters. The van der Waals surface area contributed by atoms with Crippen LogP contribution in [0.5, 0.6) is 0 Å². The van der Waals surface area contributed by atoms with Gasteiger partial charge in [-0.05, 0) is 55.3 Å². The molecule has 0 spiro atoms. The van der Waals surface area contributed by atoms with Crippen LogP contribution in [0.3, 0.4) is 0 Å². The SMILES string of the molecule is CC1=C(C(=O)OC(C)(C)C)N2C(=O)[C@@H](N=CCS(=O)c3ccc([N+](=O)[O-])cc3Br)[C@@H]2SC1. The number of β-lactam (4-membered cyclic amide) rings is 1. The standard InChI is InChI=1S/C20H22BrN3O6S2/c1-11-10-31-18-15(17(25)23(18)16(11)19(26)30-20(2,3)4)22-7-8-32(29)14-6-5-12(24(27)28)9-13(14)21/h5-7,9,15,18H,8,10H2,1-4H3/t15-,18+,32?/m1/s1. The van der Waals surface area contributed by atoms with E-state index in [2.05, 4.69) is 20.9 Å². The van der Waals surface area contributed by atoms with Gasteiger partial charge in [-0.3, -0.25) is 29.0 Å². The lowest BCUT2D eigenvalue weighted by molar-refractivity contribution is -0.385. The third-order valence-electron chi connectivity index (χ3n) is 4.59. The monoisotopic (exact) mass is 543 g/mol. The molecule has 1 aromatic carbocycles. The van der Waals surface area contributed by atoms with E-state index in [0.29, 0.717) is 15.1 Å². The number of carbonyl (C=O) groups is 2. The van der Waals surface area contributed by atoms with Crippen molar-refractivity contribution in [1.82, 2.24) is 4.90 Å². The highest BCUT2D eigenvalue weighted by Crippen LogP contribution is 2.42. The predicted molar refractivity (Wildman–Crippen MR) is 126 cm³/mol. The van der Waals surface area contributed by atoms with E-state index in [9.17, 15) is 23.9 Å². The molecule has 12 heteroatoms. The number of hydrogen-bond acceptors (Lipinski definition) is 8. The summed E-state index contributed by atoms with van der Waals surface area (Å²) in [5.41, 5.74) is 0.274. The van der Waals surface area contributed by atoms with Gasteiger partial charge in [-0.2, -0.15) is 0 Å². The molecule has 1 amide bonds. The number of nitro groups is 1. The molecule has 2 aliphatic heterocycles. The highest BCUT2D eigenvalue weighted by Gasteiger charge is 2.53. The van der Waals surface area contributed by atoms with E-state index < -0.39 is 33.3 Å². The minimum atomic E-state index is -1.50. The number of fused-ring (bicyclic) bond motifs is 1. The Morgan fingerprint density at radius 3 is 2.75 bits per heavy atom. The Hall–Kier alpha value is -2.05. The van der Waals surface area contributed by atoms with Crippen molar-refractivity contribution >= 4 is 62.3 Å². The molecule has 32 heavy (non-hydrogen) atoms. The molecule has 2 aliphatic rings. The third kappa shape index (κ3) is 5.12. The summed E-state index contributed by atoms with van der Waals surface area (Å²) >= 11 is 4.72. The van der Waals surface area contributed by atoms with E-state index in [4.69, 9.17) is 4.74 Å². The van der Waals surface area contributed by atoms with E-state index in [-0.39, 0.29) is 28.4 Å². The first-order chi connectivity index (χ1) is 14.9. The Bertz CT molecular complexity index is 1070. The van der Waals surface area contributed by atoms with Crippen LogP contribution in [0.25, 0.3) is 0 Å². The van der Waals surface area contributed by atoms with Crippen LogP contribution in [0.2, 0.25) is 0 Å². The van der Waals surface area contributed by atoms with E-state index >= 15 is 0 Å². The van der Waals surface area contributed by atoms with Crippen LogP contribution in [0, 0.1) is 10.1 Å². The van der Waals surface area contributed by atoms with Gasteiger partial charge < -0.3 is 4.74 Å². The number of halogens is 1. The van der Waals surface area contributed by atoms with Crippen molar-refractivity contribution in [3.63, 3.8) is 0 Å². The van der Waals surface area contributed by atoms with Crippen molar-refractivity contribution in [2.75, 3.05) is 11.5 Å². The lowest BCUT2D eigenvalue weighted by Crippen LogP contribution is -2.64. The topological polar surface area (TPSA) is 119 Å². The number of nitro benzene ring substituents is 1. The lowest BCUT2D eigenvalue weighted by atomic mass is 10.0. The summed E-state index contributed by atoms with van der Waals surface area (Å²) < 4.78 is 18.4. The fourth-order valence-electron chi connectivity index (χ4n) is 3.17. The molecule has 0 bridgehead atoms. The van der Waals surface area contributed by atoms with Crippen LogP contribution in [0.15, 0.2) is 43.8 Å². The number of amides is 1. The Morgan fingerprint density at radius 1 is 1.47 bits per heavy atom. The van der Waals surface area contributed by atoms with Crippen molar-refractivity contribution in [3.8, 4) is 0 Å². The summed E-state index contributed by atoms with van der Waals surface area (Å²) in [6, 6.07) is 3.35. The number of benzene rings is 1. The highest BCUT2D eigenvalue weighted by atomic mass is 79.9. The molecule has 3 atom stereocenters. The Labute approximate surface area is 200 Å². The number of esters is 1. The van der Waals surface area contributed by atoms with Gasteiger partial charge in [-0.25, -0.2) is 4.79 Å². The quantitative estimate of drug-likeness (QED) is 0.177. The number of thioether (sulfide) groups is 1. The van der Waals surface area contributed by atoms with E-state index in [1.165, 1.54) is 41.1 Å². The molecule has 0 aliphatic carbocycles. The zero-order chi connectivity index (χ0) is 23.8. The van der Waals surface area contributed by atoms with Crippen molar-refractivity contribution < 1.29 is 23.5 Å². The summed E-state index contributed by atoms with van der Waals surface area (Å²) in [4.78, 5) is 41.8. The van der Waals surface area contributed by atoms with Crippen LogP contribution >= 0.6 is 27.7 Å². The molecule has 0 saturated carbocycles. The first-order valence-corrected chi connectivity index (χ1v) is 12.8. The van der Waals surface area contributed by atoms with Crippen LogP contribution < -0.4 is 0 Å². The van der Waals surface area contributed by atoms with Gasteiger partial charge in [0.2, 0.25) is 0 Å². The van der Waals surface area contributed by atoms with Crippen molar-refractivity contribution in [2.45, 2.75) is 49.6 Å². The van der Waals surface area contributed by atoms with Gasteiger partial charge in [0.25, 0.3) is 11.6 Å². The summed E-state index contributed by atoms with van der Waals surface area (Å²) in [5.74, 6) is -0.205. The lowest BCUT2D eigenvalue weighted by Gasteiger charge is -2.48. The van der Waals surface area contributed by atoms with Crippen molar-refractivity contribution in [1.29, 1.82) is 0 Å². The van der Waals surface area contributed by atoms with E-state index in [1.807, 2.05) is 0 Å². The normalized spacial score (nSPS) is 21.9. The predicted octanol–water partition coefficient (Wildman–Crippen LogP) is 3.44. The molecule has 9 nitrogen and oxygen atoms in total. The fourth-order valence-corrected chi connectivity index (χ4v) is 6.27. The van der Waals surface area contributed by atoms with Gasteiger partial charge >= 0.3 is 5.97 Å². The number of nitrogens with zero attached hydrogens (tertiary/aromatic N) is 3. The zero-order valence-electron chi connectivity index (χ0n) is 17.9. The fraction of sp³-hybridized carbons (Fsp3) is 0.450. The molecule has 1 aromatic rings. The molecule has 0 aromatic heterocycles. The minimum absolute atomic E-state index is 0.0470. The molecule has 1 fully saturated rings. The summed E-state index contributed by atoms with van der Waals surface area (Å²) in [6.07, 6.45) is 1.43. The Kier molecular flexibility index (Phi) is 7.25. The van der Waals surface area contributed by atoms with E-state index in [1.54, 1.807) is 27.7 Å². The zero-order valence-corrected chi connectivity index (χ0v) is 21.1. The molecule has 3 rings (SSSR count). The largest absolute Gasteiger partial charge is 0.455 e. The number of ether oxygens (including phenoxy) is 1. The number of aliphatic imine (C=N–C) groups is 1. The second-order valence-corrected chi connectivity index (χ2v) is 11.6. The van der Waals surface area contributed by atoms with Crippen LogP contribution in [0.1, 0.15) is 27.7 Å². The number of carbonyl (C=O) groups excluding carboxylic acids is 2. The third-order valence-corrected chi connectivity index (χ3v) is 8.21. The van der Waals surface area contributed by atoms with Crippen molar-refractivity contribution in [2.24, 2.45) is 4.99 Å². The number of hydrogen-bond donors (Lipinski definition) is 0. The van der Waals surface area contributed by atoms with Crippen molar-refractivity contribution in [3.05, 3.63) is 44.1 Å². The van der Waals surface area contributed by atoms with Gasteiger partial charge in [-0.15, -0.1) is 11.8 Å². The maximum absolute atomic E-state index is 12.7. The maximum Gasteiger partial charge on any atom is 0.355 e. The molecule has 0 radical (unpaired) electrons. The van der Waals surface area contributed by atoms with E-state index in [0.717, 1.165) is 5.57 Å². The van der Waals surface area contributed by atoms with Crippen LogP contribution in [0.4, 0.5) is 5.69 Å². The molecule has 0 N–H and O–H groups in total. The number of non-ortho nitro benzene ring substituents is 1. The molecular weight excluding hydrogens is 522 g/mol. The second-order valence-electron chi connectivity index (χ2n) is 8.20. The first kappa shape index (κ1) is 24.6. The number of rotatable bonds is 6. The van der Waals surface area contributed by atoms with Gasteiger partial charge in [0.05, 0.1) is 26.4 Å². The first-order valence-electron chi connectivity index (χ1n) is 9.62. The Balaban J connectivity index is 1.67. The van der Waals surface area contributed by atoms with Gasteiger partial charge in [0.1, 0.15) is 16.7 Å². The molecule has 1 saturated heterocycles. The summed E-state index contributed by atoms with van der Waals surface area (Å²) in [5, 5.41) is 10.5. The minimum Gasteiger partial charge on any atom is -0.455 e. The average Bonchev–Trinajstić information content (AvgIpc) is 2.69.